The second-order valence-corrected chi connectivity index (χ2v) is 8.62. The standard InChI is InChI=1S/C17H26N4OS/c1-17(2,3)14-4-5-15(19-18-14)21-7-6-13(12-21)16(22)20-8-10-23-11-9-20/h4-5,13H,6-12H2,1-3H3. The van der Waals surface area contributed by atoms with Crippen LogP contribution in [0, 0.1) is 5.92 Å². The highest BCUT2D eigenvalue weighted by Gasteiger charge is 2.32. The lowest BCUT2D eigenvalue weighted by atomic mass is 9.92. The zero-order chi connectivity index (χ0) is 16.4. The van der Waals surface area contributed by atoms with Gasteiger partial charge < -0.3 is 9.80 Å². The zero-order valence-electron chi connectivity index (χ0n) is 14.3. The Morgan fingerprint density at radius 3 is 2.52 bits per heavy atom. The molecule has 6 heteroatoms. The van der Waals surface area contributed by atoms with Gasteiger partial charge in [-0.3, -0.25) is 4.79 Å². The molecule has 3 heterocycles. The summed E-state index contributed by atoms with van der Waals surface area (Å²) in [6.45, 7) is 9.88. The number of hydrogen-bond acceptors (Lipinski definition) is 5. The Hall–Kier alpha value is -1.30. The Balaban J connectivity index is 1.62. The van der Waals surface area contributed by atoms with Crippen LogP contribution in [-0.4, -0.2) is 58.7 Å². The van der Waals surface area contributed by atoms with Crippen LogP contribution >= 0.6 is 11.8 Å². The van der Waals surface area contributed by atoms with Crippen LogP contribution in [0.4, 0.5) is 5.82 Å². The summed E-state index contributed by atoms with van der Waals surface area (Å²) >= 11 is 1.94. The first kappa shape index (κ1) is 16.6. The van der Waals surface area contributed by atoms with Gasteiger partial charge in [-0.15, -0.1) is 5.10 Å². The zero-order valence-corrected chi connectivity index (χ0v) is 15.1. The van der Waals surface area contributed by atoms with Crippen molar-refractivity contribution in [2.75, 3.05) is 42.6 Å². The molecule has 1 aromatic rings. The molecule has 23 heavy (non-hydrogen) atoms. The van der Waals surface area contributed by atoms with Crippen molar-refractivity contribution in [3.63, 3.8) is 0 Å². The predicted molar refractivity (Wildman–Crippen MR) is 95.0 cm³/mol. The Morgan fingerprint density at radius 2 is 1.91 bits per heavy atom. The van der Waals surface area contributed by atoms with E-state index in [1.165, 1.54) is 0 Å². The molecule has 0 aliphatic carbocycles. The largest absolute Gasteiger partial charge is 0.354 e. The van der Waals surface area contributed by atoms with Gasteiger partial charge in [0.1, 0.15) is 0 Å². The van der Waals surface area contributed by atoms with Crippen molar-refractivity contribution >= 4 is 23.5 Å². The fourth-order valence-electron chi connectivity index (χ4n) is 3.11. The third-order valence-electron chi connectivity index (χ3n) is 4.60. The summed E-state index contributed by atoms with van der Waals surface area (Å²) in [5, 5.41) is 8.75. The normalized spacial score (nSPS) is 22.5. The van der Waals surface area contributed by atoms with E-state index in [9.17, 15) is 4.79 Å². The number of anilines is 1. The molecule has 1 aromatic heterocycles. The van der Waals surface area contributed by atoms with E-state index in [0.717, 1.165) is 55.6 Å². The molecule has 5 nitrogen and oxygen atoms in total. The third-order valence-corrected chi connectivity index (χ3v) is 5.55. The van der Waals surface area contributed by atoms with Gasteiger partial charge in [-0.05, 0) is 18.6 Å². The van der Waals surface area contributed by atoms with Crippen LogP contribution < -0.4 is 4.90 Å². The van der Waals surface area contributed by atoms with Gasteiger partial charge >= 0.3 is 0 Å². The van der Waals surface area contributed by atoms with Gasteiger partial charge in [0.25, 0.3) is 0 Å². The van der Waals surface area contributed by atoms with E-state index in [-0.39, 0.29) is 11.3 Å². The van der Waals surface area contributed by atoms with E-state index in [0.29, 0.717) is 5.91 Å². The maximum atomic E-state index is 12.6. The van der Waals surface area contributed by atoms with E-state index in [4.69, 9.17) is 0 Å². The van der Waals surface area contributed by atoms with Crippen LogP contribution in [0.3, 0.4) is 0 Å². The van der Waals surface area contributed by atoms with Crippen molar-refractivity contribution in [1.82, 2.24) is 15.1 Å². The van der Waals surface area contributed by atoms with Crippen molar-refractivity contribution in [2.24, 2.45) is 5.92 Å². The fourth-order valence-corrected chi connectivity index (χ4v) is 4.01. The van der Waals surface area contributed by atoms with Crippen LogP contribution in [0.2, 0.25) is 0 Å². The number of hydrogen-bond donors (Lipinski definition) is 0. The van der Waals surface area contributed by atoms with Crippen molar-refractivity contribution in [1.29, 1.82) is 0 Å². The van der Waals surface area contributed by atoms with Crippen molar-refractivity contribution in [2.45, 2.75) is 32.6 Å². The summed E-state index contributed by atoms with van der Waals surface area (Å²) in [7, 11) is 0. The SMILES string of the molecule is CC(C)(C)c1ccc(N2CCC(C(=O)N3CCSCC3)C2)nn1. The molecule has 1 atom stereocenters. The van der Waals surface area contributed by atoms with Crippen LogP contribution in [0.1, 0.15) is 32.9 Å². The first-order chi connectivity index (χ1) is 10.9. The Kier molecular flexibility index (Phi) is 4.80. The lowest BCUT2D eigenvalue weighted by Crippen LogP contribution is -2.42. The molecule has 1 amide bonds. The number of nitrogens with zero attached hydrogens (tertiary/aromatic N) is 4. The van der Waals surface area contributed by atoms with Crippen molar-refractivity contribution < 1.29 is 4.79 Å². The van der Waals surface area contributed by atoms with Gasteiger partial charge in [-0.25, -0.2) is 0 Å². The lowest BCUT2D eigenvalue weighted by Gasteiger charge is -2.29. The first-order valence-corrected chi connectivity index (χ1v) is 9.56. The average Bonchev–Trinajstić information content (AvgIpc) is 3.04. The molecule has 1 unspecified atom stereocenters. The molecule has 3 rings (SSSR count). The molecule has 0 aromatic carbocycles. The number of rotatable bonds is 2. The third kappa shape index (κ3) is 3.79. The average molecular weight is 334 g/mol. The van der Waals surface area contributed by atoms with Crippen LogP contribution in [0.15, 0.2) is 12.1 Å². The second-order valence-electron chi connectivity index (χ2n) is 7.40. The van der Waals surface area contributed by atoms with E-state index < -0.39 is 0 Å². The molecule has 0 saturated carbocycles. The molecular weight excluding hydrogens is 308 g/mol. The van der Waals surface area contributed by atoms with Gasteiger partial charge in [-0.2, -0.15) is 16.9 Å². The Morgan fingerprint density at radius 1 is 1.17 bits per heavy atom. The summed E-state index contributed by atoms with van der Waals surface area (Å²) in [6.07, 6.45) is 0.922. The van der Waals surface area contributed by atoms with E-state index in [2.05, 4.69) is 41.9 Å². The molecule has 0 bridgehead atoms. The number of amides is 1. The highest BCUT2D eigenvalue weighted by atomic mass is 32.2. The Bertz CT molecular complexity index is 549. The van der Waals surface area contributed by atoms with E-state index in [1.807, 2.05) is 22.7 Å². The summed E-state index contributed by atoms with van der Waals surface area (Å²) in [6, 6.07) is 4.09. The highest BCUT2D eigenvalue weighted by molar-refractivity contribution is 7.99. The summed E-state index contributed by atoms with van der Waals surface area (Å²) in [4.78, 5) is 16.9. The minimum absolute atomic E-state index is 0.0152. The van der Waals surface area contributed by atoms with Gasteiger partial charge in [0.05, 0.1) is 11.6 Å². The maximum Gasteiger partial charge on any atom is 0.227 e. The predicted octanol–water partition coefficient (Wildman–Crippen LogP) is 2.18. The number of carbonyl (C=O) groups is 1. The second kappa shape index (κ2) is 6.67. The first-order valence-electron chi connectivity index (χ1n) is 8.41. The van der Waals surface area contributed by atoms with Gasteiger partial charge in [0, 0.05) is 43.1 Å². The quantitative estimate of drug-likeness (QED) is 0.830. The molecule has 0 radical (unpaired) electrons. The van der Waals surface area contributed by atoms with Crippen molar-refractivity contribution in [3.8, 4) is 0 Å². The molecule has 2 aliphatic heterocycles. The minimum atomic E-state index is 0.0152. The molecule has 0 N–H and O–H groups in total. The lowest BCUT2D eigenvalue weighted by molar-refractivity contribution is -0.134. The summed E-state index contributed by atoms with van der Waals surface area (Å²) in [5.74, 6) is 3.47. The van der Waals surface area contributed by atoms with Gasteiger partial charge in [0.2, 0.25) is 5.91 Å². The van der Waals surface area contributed by atoms with Gasteiger partial charge in [0.15, 0.2) is 5.82 Å². The highest BCUT2D eigenvalue weighted by Crippen LogP contribution is 2.26. The molecular formula is C17H26N4OS. The molecule has 126 valence electrons. The molecule has 2 saturated heterocycles. The van der Waals surface area contributed by atoms with E-state index >= 15 is 0 Å². The van der Waals surface area contributed by atoms with E-state index in [1.54, 1.807) is 0 Å². The molecule has 2 aliphatic rings. The fraction of sp³-hybridized carbons (Fsp3) is 0.706. The molecule has 0 spiro atoms. The monoisotopic (exact) mass is 334 g/mol. The smallest absolute Gasteiger partial charge is 0.227 e. The summed E-state index contributed by atoms with van der Waals surface area (Å²) < 4.78 is 0. The number of thioether (sulfide) groups is 1. The van der Waals surface area contributed by atoms with Crippen molar-refractivity contribution in [3.05, 3.63) is 17.8 Å². The maximum absolute atomic E-state index is 12.6. The summed E-state index contributed by atoms with van der Waals surface area (Å²) in [5.41, 5.74) is 1.01. The van der Waals surface area contributed by atoms with Crippen LogP contribution in [0.5, 0.6) is 0 Å². The molecule has 2 fully saturated rings. The van der Waals surface area contributed by atoms with Crippen LogP contribution in [0.25, 0.3) is 0 Å². The topological polar surface area (TPSA) is 49.3 Å². The number of carbonyl (C=O) groups excluding carboxylic acids is 1. The van der Waals surface area contributed by atoms with Crippen LogP contribution in [-0.2, 0) is 10.2 Å². The Labute approximate surface area is 142 Å². The minimum Gasteiger partial charge on any atom is -0.354 e. The number of aromatic nitrogens is 2. The van der Waals surface area contributed by atoms with Gasteiger partial charge in [-0.1, -0.05) is 20.8 Å².